The Bertz CT molecular complexity index is 317. The molecule has 0 aliphatic carbocycles. The Morgan fingerprint density at radius 1 is 0.944 bits per heavy atom. The molecule has 0 bridgehead atoms. The number of aliphatic carboxylic acids is 1. The van der Waals surface area contributed by atoms with Gasteiger partial charge in [-0.25, -0.2) is 9.36 Å². The number of rotatable bonds is 1. The maximum absolute atomic E-state index is 10.4. The number of hydrogen-bond acceptors (Lipinski definition) is 7. The molecule has 1 aliphatic rings. The summed E-state index contributed by atoms with van der Waals surface area (Å²) >= 11 is 0. The molecule has 0 unspecified atom stereocenters. The van der Waals surface area contributed by atoms with Crippen LogP contribution >= 0.6 is 7.82 Å². The lowest BCUT2D eigenvalue weighted by Crippen LogP contribution is -2.59. The Hall–Kier alpha value is -0.620. The summed E-state index contributed by atoms with van der Waals surface area (Å²) < 4.78 is 13.2. The minimum Gasteiger partial charge on any atom is -0.479 e. The molecule has 5 atom stereocenters. The van der Waals surface area contributed by atoms with E-state index < -0.39 is 44.5 Å². The molecular weight excluding hydrogens is 279 g/mol. The van der Waals surface area contributed by atoms with Crippen molar-refractivity contribution in [1.29, 1.82) is 0 Å². The first-order chi connectivity index (χ1) is 7.95. The number of aliphatic hydroxyl groups is 4. The number of aliphatic hydroxyl groups excluding tert-OH is 4. The second-order valence-corrected chi connectivity index (χ2v) is 4.30. The Morgan fingerprint density at radius 2 is 1.33 bits per heavy atom. The molecule has 11 nitrogen and oxygen atoms in total. The summed E-state index contributed by atoms with van der Waals surface area (Å²) in [6.45, 7) is 0. The molecule has 0 amide bonds. The van der Waals surface area contributed by atoms with Crippen molar-refractivity contribution in [3.8, 4) is 0 Å². The number of ether oxygens (including phenoxy) is 1. The van der Waals surface area contributed by atoms with Gasteiger partial charge in [0.1, 0.15) is 18.3 Å². The molecule has 0 radical (unpaired) electrons. The van der Waals surface area contributed by atoms with E-state index in [2.05, 4.69) is 4.74 Å². The predicted molar refractivity (Wildman–Crippen MR) is 50.8 cm³/mol. The van der Waals surface area contributed by atoms with Crippen molar-refractivity contribution in [2.24, 2.45) is 0 Å². The lowest BCUT2D eigenvalue weighted by Gasteiger charge is -2.36. The largest absolute Gasteiger partial charge is 0.479 e. The lowest BCUT2D eigenvalue weighted by molar-refractivity contribution is -0.279. The first-order valence-corrected chi connectivity index (χ1v) is 5.90. The molecular formula is C6H13O11P. The maximum atomic E-state index is 10.4. The third kappa shape index (κ3) is 5.82. The molecule has 1 aliphatic heterocycles. The molecule has 12 heteroatoms. The van der Waals surface area contributed by atoms with E-state index in [1.807, 2.05) is 0 Å². The van der Waals surface area contributed by atoms with Gasteiger partial charge in [0.05, 0.1) is 0 Å². The summed E-state index contributed by atoms with van der Waals surface area (Å²) in [6.07, 6.45) is -8.72. The molecule has 1 rings (SSSR count). The number of carbonyl (C=O) groups is 1. The van der Waals surface area contributed by atoms with Gasteiger partial charge in [0.25, 0.3) is 0 Å². The quantitative estimate of drug-likeness (QED) is 0.218. The second-order valence-electron chi connectivity index (χ2n) is 3.27. The molecule has 0 saturated carbocycles. The molecule has 108 valence electrons. The third-order valence-electron chi connectivity index (χ3n) is 1.83. The van der Waals surface area contributed by atoms with Gasteiger partial charge in [-0.1, -0.05) is 0 Å². The van der Waals surface area contributed by atoms with Gasteiger partial charge in [0.2, 0.25) is 0 Å². The number of phosphoric acid groups is 1. The fraction of sp³-hybridized carbons (Fsp3) is 0.833. The van der Waals surface area contributed by atoms with Crippen LogP contribution in [0.1, 0.15) is 0 Å². The minimum atomic E-state index is -4.64. The van der Waals surface area contributed by atoms with E-state index in [0.717, 1.165) is 0 Å². The third-order valence-corrected chi connectivity index (χ3v) is 1.83. The Morgan fingerprint density at radius 3 is 1.67 bits per heavy atom. The van der Waals surface area contributed by atoms with E-state index in [-0.39, 0.29) is 0 Å². The predicted octanol–water partition coefficient (Wildman–Crippen LogP) is -4.06. The highest BCUT2D eigenvalue weighted by Gasteiger charge is 2.46. The van der Waals surface area contributed by atoms with Crippen molar-refractivity contribution in [3.63, 3.8) is 0 Å². The molecule has 0 spiro atoms. The van der Waals surface area contributed by atoms with Crippen molar-refractivity contribution in [1.82, 2.24) is 0 Å². The Kier molecular flexibility index (Phi) is 6.29. The van der Waals surface area contributed by atoms with Crippen LogP contribution in [0.5, 0.6) is 0 Å². The highest BCUT2D eigenvalue weighted by molar-refractivity contribution is 7.45. The molecule has 1 saturated heterocycles. The maximum Gasteiger partial charge on any atom is 0.466 e. The summed E-state index contributed by atoms with van der Waals surface area (Å²) in [6, 6.07) is 0. The normalized spacial score (nSPS) is 36.5. The fourth-order valence-electron chi connectivity index (χ4n) is 1.07. The summed E-state index contributed by atoms with van der Waals surface area (Å²) in [5, 5.41) is 44.4. The fourth-order valence-corrected chi connectivity index (χ4v) is 1.07. The molecule has 0 aromatic carbocycles. The molecule has 1 heterocycles. The molecule has 1 fully saturated rings. The van der Waals surface area contributed by atoms with Crippen LogP contribution < -0.4 is 0 Å². The van der Waals surface area contributed by atoms with Crippen LogP contribution in [0.3, 0.4) is 0 Å². The smallest absolute Gasteiger partial charge is 0.466 e. The van der Waals surface area contributed by atoms with Crippen LogP contribution in [0.4, 0.5) is 0 Å². The van der Waals surface area contributed by atoms with Crippen molar-refractivity contribution < 1.29 is 54.3 Å². The standard InChI is InChI=1S/C6H10O7.H3O4P/c7-1-2(8)4(5(10)11)13-6(12)3(1)9;1-5(2,3)4/h1-4,6-9,12H,(H,10,11);(H3,1,2,3,4)/t1-,2+,3+,4-,6+;/m0./s1. The summed E-state index contributed by atoms with van der Waals surface area (Å²) in [4.78, 5) is 31.9. The highest BCUT2D eigenvalue weighted by Crippen LogP contribution is 2.25. The highest BCUT2D eigenvalue weighted by atomic mass is 31.2. The molecule has 0 aromatic rings. The molecule has 8 N–H and O–H groups in total. The SMILES string of the molecule is O=C(O)[C@H]1O[C@@H](O)[C@H](O)[C@@H](O)[C@H]1O.O=P(O)(O)O. The van der Waals surface area contributed by atoms with Crippen LogP contribution in [0.25, 0.3) is 0 Å². The molecule has 18 heavy (non-hydrogen) atoms. The average molecular weight is 292 g/mol. The second kappa shape index (κ2) is 6.52. The average Bonchev–Trinajstić information content (AvgIpc) is 2.17. The zero-order chi connectivity index (χ0) is 14.7. The first-order valence-electron chi connectivity index (χ1n) is 4.34. The van der Waals surface area contributed by atoms with Gasteiger partial charge in [0.15, 0.2) is 12.4 Å². The molecule has 0 aromatic heterocycles. The Balaban J connectivity index is 0.000000494. The van der Waals surface area contributed by atoms with Crippen LogP contribution in [-0.4, -0.2) is 76.9 Å². The van der Waals surface area contributed by atoms with Gasteiger partial charge < -0.3 is 44.9 Å². The van der Waals surface area contributed by atoms with Gasteiger partial charge in [0, 0.05) is 0 Å². The minimum absolute atomic E-state index is 1.52. The van der Waals surface area contributed by atoms with E-state index in [1.54, 1.807) is 0 Å². The van der Waals surface area contributed by atoms with E-state index in [4.69, 9.17) is 44.8 Å². The van der Waals surface area contributed by atoms with Gasteiger partial charge in [-0.05, 0) is 0 Å². The van der Waals surface area contributed by atoms with Crippen molar-refractivity contribution in [2.45, 2.75) is 30.7 Å². The first kappa shape index (κ1) is 17.4. The van der Waals surface area contributed by atoms with E-state index in [0.29, 0.717) is 0 Å². The number of carboxylic acid groups (broad SMARTS) is 1. The monoisotopic (exact) mass is 292 g/mol. The zero-order valence-corrected chi connectivity index (χ0v) is 9.53. The summed E-state index contributed by atoms with van der Waals surface area (Å²) in [5.41, 5.74) is 0. The zero-order valence-electron chi connectivity index (χ0n) is 8.64. The van der Waals surface area contributed by atoms with E-state index in [9.17, 15) is 4.79 Å². The number of hydrogen-bond donors (Lipinski definition) is 8. The van der Waals surface area contributed by atoms with Crippen molar-refractivity contribution >= 4 is 13.8 Å². The number of carboxylic acids is 1. The van der Waals surface area contributed by atoms with E-state index in [1.165, 1.54) is 0 Å². The lowest BCUT2D eigenvalue weighted by atomic mass is 9.99. The van der Waals surface area contributed by atoms with Gasteiger partial charge >= 0.3 is 13.8 Å². The van der Waals surface area contributed by atoms with Crippen LogP contribution in [0, 0.1) is 0 Å². The van der Waals surface area contributed by atoms with E-state index >= 15 is 0 Å². The Labute approximate surface area is 99.7 Å². The van der Waals surface area contributed by atoms with Crippen LogP contribution in [0.15, 0.2) is 0 Å². The summed E-state index contributed by atoms with van der Waals surface area (Å²) in [7, 11) is -4.64. The van der Waals surface area contributed by atoms with Crippen LogP contribution in [0.2, 0.25) is 0 Å². The van der Waals surface area contributed by atoms with Crippen molar-refractivity contribution in [3.05, 3.63) is 0 Å². The van der Waals surface area contributed by atoms with Crippen molar-refractivity contribution in [2.75, 3.05) is 0 Å². The van der Waals surface area contributed by atoms with Gasteiger partial charge in [-0.2, -0.15) is 0 Å². The van der Waals surface area contributed by atoms with Crippen LogP contribution in [-0.2, 0) is 14.1 Å². The summed E-state index contributed by atoms with van der Waals surface area (Å²) in [5.74, 6) is -1.52. The topological polar surface area (TPSA) is 205 Å². The van der Waals surface area contributed by atoms with Gasteiger partial charge in [-0.15, -0.1) is 0 Å². The van der Waals surface area contributed by atoms with Gasteiger partial charge in [-0.3, -0.25) is 0 Å².